The number of pyridine rings is 2. The van der Waals surface area contributed by atoms with E-state index >= 15 is 0 Å². The zero-order valence-corrected chi connectivity index (χ0v) is 20.8. The Morgan fingerprint density at radius 3 is 2.55 bits per heavy atom. The lowest BCUT2D eigenvalue weighted by Crippen LogP contribution is -2.27. The van der Waals surface area contributed by atoms with Crippen molar-refractivity contribution in [2.45, 2.75) is 23.8 Å². The molecule has 1 saturated heterocycles. The molecule has 1 atom stereocenters. The van der Waals surface area contributed by atoms with Gasteiger partial charge >= 0.3 is 0 Å². The first-order chi connectivity index (χ1) is 15.9. The van der Waals surface area contributed by atoms with Crippen LogP contribution < -0.4 is 4.74 Å². The molecule has 0 amide bonds. The van der Waals surface area contributed by atoms with Gasteiger partial charge in [-0.3, -0.25) is 4.98 Å². The van der Waals surface area contributed by atoms with Gasteiger partial charge in [-0.05, 0) is 46.3 Å². The minimum absolute atomic E-state index is 0.112. The number of halogens is 1. The van der Waals surface area contributed by atoms with Gasteiger partial charge in [0.25, 0.3) is 0 Å². The molecule has 1 aromatic carbocycles. The highest BCUT2D eigenvalue weighted by atomic mass is 79.9. The van der Waals surface area contributed by atoms with Crippen LogP contribution in [0.1, 0.15) is 24.4 Å². The zero-order valence-electron chi connectivity index (χ0n) is 18.4. The van der Waals surface area contributed by atoms with Crippen molar-refractivity contribution in [2.75, 3.05) is 26.6 Å². The van der Waals surface area contributed by atoms with Crippen molar-refractivity contribution >= 4 is 47.7 Å². The maximum absolute atomic E-state index is 12.9. The summed E-state index contributed by atoms with van der Waals surface area (Å²) in [5.74, 6) is 0.611. The number of fused-ring (bicyclic) bond motifs is 3. The van der Waals surface area contributed by atoms with Gasteiger partial charge in [0, 0.05) is 30.1 Å². The first-order valence-electron chi connectivity index (χ1n) is 10.7. The van der Waals surface area contributed by atoms with E-state index in [1.54, 1.807) is 6.20 Å². The number of ether oxygens (including phenoxy) is 2. The van der Waals surface area contributed by atoms with Crippen LogP contribution in [0.5, 0.6) is 5.88 Å². The molecular weight excluding hydrogens is 506 g/mol. The Kier molecular flexibility index (Phi) is 5.88. The summed E-state index contributed by atoms with van der Waals surface area (Å²) in [4.78, 5) is 9.18. The summed E-state index contributed by atoms with van der Waals surface area (Å²) in [6.45, 7) is 1.35. The van der Waals surface area contributed by atoms with E-state index in [-0.39, 0.29) is 16.9 Å². The minimum Gasteiger partial charge on any atom is -0.480 e. The third-order valence-electron chi connectivity index (χ3n) is 6.28. The predicted octanol–water partition coefficient (Wildman–Crippen LogP) is 4.78. The number of benzene rings is 1. The lowest BCUT2D eigenvalue weighted by atomic mass is 9.86. The number of hydrogen-bond acceptors (Lipinski definition) is 6. The fourth-order valence-corrected chi connectivity index (χ4v) is 5.99. The van der Waals surface area contributed by atoms with Gasteiger partial charge in [-0.25, -0.2) is 13.4 Å². The maximum Gasteiger partial charge on any atom is 0.224 e. The van der Waals surface area contributed by atoms with Gasteiger partial charge in [0.2, 0.25) is 5.88 Å². The molecule has 3 aromatic heterocycles. The molecule has 0 aliphatic carbocycles. The third kappa shape index (κ3) is 3.92. The molecule has 9 heteroatoms. The molecule has 1 fully saturated rings. The van der Waals surface area contributed by atoms with E-state index in [1.165, 1.54) is 19.6 Å². The first kappa shape index (κ1) is 22.3. The van der Waals surface area contributed by atoms with E-state index in [0.29, 0.717) is 35.5 Å². The lowest BCUT2D eigenvalue weighted by Gasteiger charge is -2.33. The van der Waals surface area contributed by atoms with Crippen LogP contribution >= 0.6 is 15.9 Å². The SMILES string of the molecule is COc1ncc(S(C)(=O)=O)c2c1c1ncc(Br)cc1n2C(c1ccccc1)C1CCOCC1. The predicted molar refractivity (Wildman–Crippen MR) is 131 cm³/mol. The van der Waals surface area contributed by atoms with Crippen molar-refractivity contribution in [3.63, 3.8) is 0 Å². The Hall–Kier alpha value is -2.49. The van der Waals surface area contributed by atoms with Crippen molar-refractivity contribution in [2.24, 2.45) is 5.92 Å². The Morgan fingerprint density at radius 2 is 1.88 bits per heavy atom. The second kappa shape index (κ2) is 8.70. The van der Waals surface area contributed by atoms with Crippen LogP contribution in [0.3, 0.4) is 0 Å². The highest BCUT2D eigenvalue weighted by Gasteiger charge is 2.33. The van der Waals surface area contributed by atoms with E-state index in [1.807, 2.05) is 24.3 Å². The summed E-state index contributed by atoms with van der Waals surface area (Å²) in [5, 5.41) is 0.607. The Bertz CT molecular complexity index is 1430. The fraction of sp³-hybridized carbons (Fsp3) is 0.333. The molecule has 0 radical (unpaired) electrons. The highest BCUT2D eigenvalue weighted by molar-refractivity contribution is 9.10. The number of methoxy groups -OCH3 is 1. The average molecular weight is 530 g/mol. The van der Waals surface area contributed by atoms with E-state index in [9.17, 15) is 8.42 Å². The molecule has 5 rings (SSSR count). The van der Waals surface area contributed by atoms with E-state index in [2.05, 4.69) is 42.6 Å². The Labute approximate surface area is 200 Å². The van der Waals surface area contributed by atoms with Gasteiger partial charge in [-0.2, -0.15) is 0 Å². The van der Waals surface area contributed by atoms with Crippen molar-refractivity contribution in [1.82, 2.24) is 14.5 Å². The largest absolute Gasteiger partial charge is 0.480 e. The number of hydrogen-bond donors (Lipinski definition) is 0. The monoisotopic (exact) mass is 529 g/mol. The van der Waals surface area contributed by atoms with Crippen molar-refractivity contribution in [1.29, 1.82) is 0 Å². The third-order valence-corrected chi connectivity index (χ3v) is 7.81. The lowest BCUT2D eigenvalue weighted by molar-refractivity contribution is 0.0552. The smallest absolute Gasteiger partial charge is 0.224 e. The van der Waals surface area contributed by atoms with Gasteiger partial charge in [0.05, 0.1) is 35.8 Å². The molecule has 7 nitrogen and oxygen atoms in total. The van der Waals surface area contributed by atoms with Gasteiger partial charge in [-0.1, -0.05) is 30.3 Å². The number of aromatic nitrogens is 3. The fourth-order valence-electron chi connectivity index (χ4n) is 4.87. The summed E-state index contributed by atoms with van der Waals surface area (Å²) < 4.78 is 40.1. The summed E-state index contributed by atoms with van der Waals surface area (Å²) in [6.07, 6.45) is 6.07. The molecule has 0 spiro atoms. The van der Waals surface area contributed by atoms with Crippen molar-refractivity contribution in [3.8, 4) is 5.88 Å². The normalized spacial score (nSPS) is 16.3. The van der Waals surface area contributed by atoms with Crippen LogP contribution in [0.2, 0.25) is 0 Å². The van der Waals surface area contributed by atoms with Crippen LogP contribution in [-0.2, 0) is 14.6 Å². The second-order valence-corrected chi connectivity index (χ2v) is 11.2. The van der Waals surface area contributed by atoms with Crippen LogP contribution in [-0.4, -0.2) is 49.5 Å². The summed E-state index contributed by atoms with van der Waals surface area (Å²) in [5.41, 5.74) is 3.18. The summed E-state index contributed by atoms with van der Waals surface area (Å²) >= 11 is 3.56. The summed E-state index contributed by atoms with van der Waals surface area (Å²) in [6, 6.07) is 12.1. The van der Waals surface area contributed by atoms with Crippen LogP contribution in [0.25, 0.3) is 21.9 Å². The van der Waals surface area contributed by atoms with E-state index in [0.717, 1.165) is 28.4 Å². The number of rotatable bonds is 5. The Morgan fingerprint density at radius 1 is 1.15 bits per heavy atom. The molecule has 0 bridgehead atoms. The maximum atomic E-state index is 12.9. The topological polar surface area (TPSA) is 83.3 Å². The minimum atomic E-state index is -3.58. The summed E-state index contributed by atoms with van der Waals surface area (Å²) in [7, 11) is -2.05. The van der Waals surface area contributed by atoms with Crippen LogP contribution in [0, 0.1) is 5.92 Å². The number of sulfone groups is 1. The van der Waals surface area contributed by atoms with Crippen molar-refractivity contribution in [3.05, 3.63) is 58.8 Å². The zero-order chi connectivity index (χ0) is 23.2. The molecular formula is C24H24BrN3O4S. The molecule has 1 aliphatic rings. The Balaban J connectivity index is 1.97. The van der Waals surface area contributed by atoms with Gasteiger partial charge in [0.15, 0.2) is 9.84 Å². The first-order valence-corrected chi connectivity index (χ1v) is 13.4. The van der Waals surface area contributed by atoms with Crippen LogP contribution in [0.4, 0.5) is 0 Å². The highest BCUT2D eigenvalue weighted by Crippen LogP contribution is 2.44. The van der Waals surface area contributed by atoms with Crippen molar-refractivity contribution < 1.29 is 17.9 Å². The second-order valence-electron chi connectivity index (χ2n) is 8.32. The van der Waals surface area contributed by atoms with Gasteiger partial charge < -0.3 is 14.0 Å². The average Bonchev–Trinajstić information content (AvgIpc) is 3.13. The molecule has 4 heterocycles. The molecule has 172 valence electrons. The molecule has 1 aliphatic heterocycles. The molecule has 1 unspecified atom stereocenters. The molecule has 0 saturated carbocycles. The number of nitrogens with zero attached hydrogens (tertiary/aromatic N) is 3. The quantitative estimate of drug-likeness (QED) is 0.370. The molecule has 0 N–H and O–H groups in total. The molecule has 4 aromatic rings. The molecule has 33 heavy (non-hydrogen) atoms. The van der Waals surface area contributed by atoms with E-state index in [4.69, 9.17) is 9.47 Å². The standard InChI is InChI=1S/C24H24BrN3O4S/c1-31-24-20-21-18(12-17(25)13-26-21)28(23(20)19(14-27-24)33(2,29)30)22(15-6-4-3-5-7-15)16-8-10-32-11-9-16/h3-7,12-14,16,22H,8-11H2,1-2H3. The van der Waals surface area contributed by atoms with Gasteiger partial charge in [-0.15, -0.1) is 0 Å². The van der Waals surface area contributed by atoms with E-state index < -0.39 is 9.84 Å². The van der Waals surface area contributed by atoms with Crippen LogP contribution in [0.15, 0.2) is 58.2 Å². The van der Waals surface area contributed by atoms with Gasteiger partial charge in [0.1, 0.15) is 10.4 Å².